The average molecular weight is 265 g/mol. The van der Waals surface area contributed by atoms with E-state index in [1.807, 2.05) is 0 Å². The van der Waals surface area contributed by atoms with Gasteiger partial charge < -0.3 is 9.57 Å². The van der Waals surface area contributed by atoms with E-state index in [4.69, 9.17) is 4.74 Å². The van der Waals surface area contributed by atoms with Crippen molar-refractivity contribution in [1.29, 1.82) is 0 Å². The van der Waals surface area contributed by atoms with E-state index in [9.17, 15) is 14.9 Å². The highest BCUT2D eigenvalue weighted by Gasteiger charge is 2.01. The number of esters is 1. The number of rotatable bonds is 11. The molecule has 0 aliphatic rings. The number of hydrogen-bond acceptors (Lipinski definition) is 6. The first-order valence-corrected chi connectivity index (χ1v) is 6.83. The van der Waals surface area contributed by atoms with Gasteiger partial charge in [-0.15, -0.1) is 10.1 Å². The van der Waals surface area contributed by atoms with Crippen LogP contribution in [0.1, 0.15) is 32.6 Å². The molecule has 0 N–H and O–H groups in total. The Labute approximate surface area is 105 Å². The third kappa shape index (κ3) is 13.0. The smallest absolute Gasteiger partial charge is 0.305 e. The summed E-state index contributed by atoms with van der Waals surface area (Å²) in [7, 11) is 0. The molecule has 0 aliphatic heterocycles. The van der Waals surface area contributed by atoms with Crippen molar-refractivity contribution >= 4 is 17.7 Å². The largest absolute Gasteiger partial charge is 0.465 e. The number of ether oxygens (including phenoxy) is 1. The van der Waals surface area contributed by atoms with Crippen molar-refractivity contribution < 1.29 is 19.5 Å². The summed E-state index contributed by atoms with van der Waals surface area (Å²) in [6.45, 7) is 2.51. The Morgan fingerprint density at radius 1 is 1.29 bits per heavy atom. The van der Waals surface area contributed by atoms with Gasteiger partial charge in [0.1, 0.15) is 13.2 Å². The van der Waals surface area contributed by atoms with Crippen molar-refractivity contribution in [2.75, 3.05) is 24.7 Å². The first-order valence-electron chi connectivity index (χ1n) is 5.67. The zero-order valence-corrected chi connectivity index (χ0v) is 10.9. The second kappa shape index (κ2) is 11.5. The maximum Gasteiger partial charge on any atom is 0.305 e. The lowest BCUT2D eigenvalue weighted by atomic mass is 10.2. The van der Waals surface area contributed by atoms with Crippen LogP contribution in [0.5, 0.6) is 0 Å². The van der Waals surface area contributed by atoms with Gasteiger partial charge in [0.25, 0.3) is 5.09 Å². The standard InChI is InChI=1S/C10H19NO5S/c1-2-3-4-5-10(12)15-6-8-17-9-7-16-11(13)14/h2-9H2,1H3. The molecule has 100 valence electrons. The van der Waals surface area contributed by atoms with Crippen LogP contribution < -0.4 is 0 Å². The van der Waals surface area contributed by atoms with Crippen LogP contribution in [-0.2, 0) is 14.4 Å². The molecule has 6 nitrogen and oxygen atoms in total. The Kier molecular flexibility index (Phi) is 10.8. The maximum absolute atomic E-state index is 11.2. The molecular formula is C10H19NO5S. The van der Waals surface area contributed by atoms with Crippen molar-refractivity contribution in [3.63, 3.8) is 0 Å². The molecule has 0 heterocycles. The molecule has 17 heavy (non-hydrogen) atoms. The van der Waals surface area contributed by atoms with Gasteiger partial charge in [-0.2, -0.15) is 11.8 Å². The monoisotopic (exact) mass is 265 g/mol. The third-order valence-electron chi connectivity index (χ3n) is 1.90. The molecule has 0 aromatic heterocycles. The highest BCUT2D eigenvalue weighted by Crippen LogP contribution is 2.03. The molecule has 0 bridgehead atoms. The summed E-state index contributed by atoms with van der Waals surface area (Å²) in [5.74, 6) is 0.996. The van der Waals surface area contributed by atoms with Crippen molar-refractivity contribution in [2.24, 2.45) is 0 Å². The lowest BCUT2D eigenvalue weighted by Gasteiger charge is -2.04. The van der Waals surface area contributed by atoms with Crippen LogP contribution in [0.4, 0.5) is 0 Å². The SMILES string of the molecule is CCCCCC(=O)OCCSCCO[N+](=O)[O-]. The first-order chi connectivity index (χ1) is 8.16. The van der Waals surface area contributed by atoms with Gasteiger partial charge in [-0.1, -0.05) is 19.8 Å². The van der Waals surface area contributed by atoms with Crippen molar-refractivity contribution in [3.05, 3.63) is 10.1 Å². The summed E-state index contributed by atoms with van der Waals surface area (Å²) in [5.41, 5.74) is 0. The second-order valence-corrected chi connectivity index (χ2v) is 4.57. The van der Waals surface area contributed by atoms with Crippen LogP contribution in [0, 0.1) is 10.1 Å². The zero-order chi connectivity index (χ0) is 12.9. The molecule has 0 atom stereocenters. The molecule has 0 aromatic rings. The Morgan fingerprint density at radius 3 is 2.65 bits per heavy atom. The zero-order valence-electron chi connectivity index (χ0n) is 10.1. The molecule has 7 heteroatoms. The van der Waals surface area contributed by atoms with Crippen LogP contribution in [-0.4, -0.2) is 35.8 Å². The van der Waals surface area contributed by atoms with E-state index in [0.717, 1.165) is 19.3 Å². The Hall–Kier alpha value is -0.980. The van der Waals surface area contributed by atoms with Crippen LogP contribution in [0.3, 0.4) is 0 Å². The van der Waals surface area contributed by atoms with Gasteiger partial charge in [0, 0.05) is 17.9 Å². The van der Waals surface area contributed by atoms with E-state index >= 15 is 0 Å². The molecular weight excluding hydrogens is 246 g/mol. The average Bonchev–Trinajstić information content (AvgIpc) is 2.28. The fourth-order valence-electron chi connectivity index (χ4n) is 1.08. The minimum Gasteiger partial charge on any atom is -0.465 e. The van der Waals surface area contributed by atoms with Gasteiger partial charge >= 0.3 is 5.97 Å². The van der Waals surface area contributed by atoms with Gasteiger partial charge in [-0.25, -0.2) is 0 Å². The molecule has 0 aliphatic carbocycles. The summed E-state index contributed by atoms with van der Waals surface area (Å²) < 4.78 is 4.98. The summed E-state index contributed by atoms with van der Waals surface area (Å²) in [4.78, 5) is 25.1. The van der Waals surface area contributed by atoms with E-state index in [1.54, 1.807) is 0 Å². The van der Waals surface area contributed by atoms with Gasteiger partial charge in [0.05, 0.1) is 0 Å². The van der Waals surface area contributed by atoms with Crippen molar-refractivity contribution in [1.82, 2.24) is 0 Å². The molecule has 0 saturated heterocycles. The predicted octanol–water partition coefficient (Wildman–Crippen LogP) is 2.05. The normalized spacial score (nSPS) is 9.94. The highest BCUT2D eigenvalue weighted by molar-refractivity contribution is 7.99. The summed E-state index contributed by atoms with van der Waals surface area (Å²) >= 11 is 1.46. The summed E-state index contributed by atoms with van der Waals surface area (Å²) in [6, 6.07) is 0. The quantitative estimate of drug-likeness (QED) is 0.246. The fraction of sp³-hybridized carbons (Fsp3) is 0.900. The van der Waals surface area contributed by atoms with Crippen LogP contribution in [0.2, 0.25) is 0 Å². The van der Waals surface area contributed by atoms with E-state index < -0.39 is 5.09 Å². The number of nitrogens with zero attached hydrogens (tertiary/aromatic N) is 1. The number of carbonyl (C=O) groups is 1. The second-order valence-electron chi connectivity index (χ2n) is 3.35. The first kappa shape index (κ1) is 16.0. The van der Waals surface area contributed by atoms with Crippen LogP contribution in [0.25, 0.3) is 0 Å². The van der Waals surface area contributed by atoms with E-state index in [0.29, 0.717) is 24.5 Å². The van der Waals surface area contributed by atoms with Gasteiger partial charge in [-0.05, 0) is 6.42 Å². The summed E-state index contributed by atoms with van der Waals surface area (Å²) in [6.07, 6.45) is 3.48. The van der Waals surface area contributed by atoms with Crippen LogP contribution >= 0.6 is 11.8 Å². The van der Waals surface area contributed by atoms with Gasteiger partial charge in [0.15, 0.2) is 0 Å². The highest BCUT2D eigenvalue weighted by atomic mass is 32.2. The van der Waals surface area contributed by atoms with Crippen molar-refractivity contribution in [3.8, 4) is 0 Å². The van der Waals surface area contributed by atoms with Crippen molar-refractivity contribution in [2.45, 2.75) is 32.6 Å². The minimum absolute atomic E-state index is 0.0715. The molecule has 0 unspecified atom stereocenters. The Bertz CT molecular complexity index is 225. The fourth-order valence-corrected chi connectivity index (χ4v) is 1.68. The molecule has 0 radical (unpaired) electrons. The molecule has 0 aromatic carbocycles. The molecule has 0 amide bonds. The molecule has 0 saturated carbocycles. The maximum atomic E-state index is 11.2. The number of thioether (sulfide) groups is 1. The predicted molar refractivity (Wildman–Crippen MR) is 65.4 cm³/mol. The van der Waals surface area contributed by atoms with Gasteiger partial charge in [-0.3, -0.25) is 4.79 Å². The molecule has 0 rings (SSSR count). The third-order valence-corrected chi connectivity index (χ3v) is 2.81. The van der Waals surface area contributed by atoms with Gasteiger partial charge in [0.2, 0.25) is 0 Å². The Balaban J connectivity index is 3.16. The molecule has 0 fully saturated rings. The molecule has 0 spiro atoms. The Morgan fingerprint density at radius 2 is 2.00 bits per heavy atom. The number of unbranched alkanes of at least 4 members (excludes halogenated alkanes) is 2. The summed E-state index contributed by atoms with van der Waals surface area (Å²) in [5, 5.41) is 9.00. The van der Waals surface area contributed by atoms with E-state index in [-0.39, 0.29) is 12.6 Å². The van der Waals surface area contributed by atoms with Crippen LogP contribution in [0.15, 0.2) is 0 Å². The van der Waals surface area contributed by atoms with E-state index in [2.05, 4.69) is 11.8 Å². The minimum atomic E-state index is -0.811. The van der Waals surface area contributed by atoms with E-state index in [1.165, 1.54) is 11.8 Å². The lowest BCUT2D eigenvalue weighted by Crippen LogP contribution is -2.08. The lowest BCUT2D eigenvalue weighted by molar-refractivity contribution is -0.756. The topological polar surface area (TPSA) is 78.7 Å². The number of carbonyl (C=O) groups excluding carboxylic acids is 1. The number of hydrogen-bond donors (Lipinski definition) is 0.